The van der Waals surface area contributed by atoms with Gasteiger partial charge >= 0.3 is 0 Å². The van der Waals surface area contributed by atoms with Crippen LogP contribution in [0.1, 0.15) is 19.8 Å². The van der Waals surface area contributed by atoms with Crippen molar-refractivity contribution in [2.24, 2.45) is 0 Å². The highest BCUT2D eigenvalue weighted by Crippen LogP contribution is 2.32. The van der Waals surface area contributed by atoms with Crippen LogP contribution in [0.15, 0.2) is 23.1 Å². The lowest BCUT2D eigenvalue weighted by atomic mass is 10.2. The SMILES string of the molecule is CNSc1ccc(N2CCCC2C)c(N)c1. The van der Waals surface area contributed by atoms with Crippen LogP contribution in [0.3, 0.4) is 0 Å². The number of hydrogen-bond acceptors (Lipinski definition) is 4. The Morgan fingerprint density at radius 2 is 2.31 bits per heavy atom. The number of rotatable bonds is 3. The van der Waals surface area contributed by atoms with Crippen molar-refractivity contribution in [3.63, 3.8) is 0 Å². The normalized spacial score (nSPS) is 20.4. The molecule has 0 radical (unpaired) electrons. The summed E-state index contributed by atoms with van der Waals surface area (Å²) in [5, 5.41) is 0. The lowest BCUT2D eigenvalue weighted by Crippen LogP contribution is -2.27. The van der Waals surface area contributed by atoms with E-state index < -0.39 is 0 Å². The molecule has 2 rings (SSSR count). The molecule has 4 heteroatoms. The smallest absolute Gasteiger partial charge is 0.0603 e. The van der Waals surface area contributed by atoms with Crippen molar-refractivity contribution in [3.8, 4) is 0 Å². The minimum atomic E-state index is 0.616. The average Bonchev–Trinajstić information content (AvgIpc) is 2.65. The number of nitrogens with one attached hydrogen (secondary N) is 1. The quantitative estimate of drug-likeness (QED) is 0.626. The fraction of sp³-hybridized carbons (Fsp3) is 0.500. The van der Waals surface area contributed by atoms with Crippen LogP contribution in [0, 0.1) is 0 Å². The molecular formula is C12H19N3S. The maximum absolute atomic E-state index is 6.11. The van der Waals surface area contributed by atoms with Gasteiger partial charge in [-0.2, -0.15) is 0 Å². The number of hydrogen-bond donors (Lipinski definition) is 2. The van der Waals surface area contributed by atoms with Crippen molar-refractivity contribution in [1.29, 1.82) is 0 Å². The second-order valence-electron chi connectivity index (χ2n) is 4.21. The van der Waals surface area contributed by atoms with Gasteiger partial charge in [0.25, 0.3) is 0 Å². The predicted octanol–water partition coefficient (Wildman–Crippen LogP) is 2.48. The third-order valence-corrected chi connectivity index (χ3v) is 3.78. The van der Waals surface area contributed by atoms with Gasteiger partial charge in [0.15, 0.2) is 0 Å². The first-order chi connectivity index (χ1) is 7.72. The molecule has 0 aromatic heterocycles. The maximum Gasteiger partial charge on any atom is 0.0603 e. The van der Waals surface area contributed by atoms with Gasteiger partial charge in [-0.1, -0.05) is 0 Å². The Kier molecular flexibility index (Phi) is 3.61. The van der Waals surface area contributed by atoms with Crippen LogP contribution < -0.4 is 15.4 Å². The lowest BCUT2D eigenvalue weighted by Gasteiger charge is -2.25. The zero-order valence-corrected chi connectivity index (χ0v) is 10.7. The van der Waals surface area contributed by atoms with Gasteiger partial charge in [-0.25, -0.2) is 0 Å². The minimum Gasteiger partial charge on any atom is -0.397 e. The van der Waals surface area contributed by atoms with Crippen molar-refractivity contribution < 1.29 is 0 Å². The van der Waals surface area contributed by atoms with E-state index in [2.05, 4.69) is 28.7 Å². The van der Waals surface area contributed by atoms with Gasteiger partial charge in [0.2, 0.25) is 0 Å². The molecule has 1 atom stereocenters. The van der Waals surface area contributed by atoms with E-state index in [-0.39, 0.29) is 0 Å². The summed E-state index contributed by atoms with van der Waals surface area (Å²) in [7, 11) is 1.91. The molecule has 1 aliphatic rings. The summed E-state index contributed by atoms with van der Waals surface area (Å²) in [5.41, 5.74) is 8.18. The topological polar surface area (TPSA) is 41.3 Å². The van der Waals surface area contributed by atoms with E-state index in [0.717, 1.165) is 17.1 Å². The molecule has 16 heavy (non-hydrogen) atoms. The Hall–Kier alpha value is -0.870. The summed E-state index contributed by atoms with van der Waals surface area (Å²) >= 11 is 1.59. The Morgan fingerprint density at radius 1 is 1.50 bits per heavy atom. The monoisotopic (exact) mass is 237 g/mol. The van der Waals surface area contributed by atoms with Gasteiger partial charge in [-0.3, -0.25) is 4.72 Å². The molecule has 0 amide bonds. The molecule has 88 valence electrons. The van der Waals surface area contributed by atoms with E-state index in [4.69, 9.17) is 5.73 Å². The van der Waals surface area contributed by atoms with Crippen LogP contribution in [-0.2, 0) is 0 Å². The average molecular weight is 237 g/mol. The molecule has 0 saturated carbocycles. The predicted molar refractivity (Wildman–Crippen MR) is 71.8 cm³/mol. The van der Waals surface area contributed by atoms with E-state index in [0.29, 0.717) is 6.04 Å². The summed E-state index contributed by atoms with van der Waals surface area (Å²) in [6.45, 7) is 3.40. The van der Waals surface area contributed by atoms with Crippen molar-refractivity contribution in [1.82, 2.24) is 4.72 Å². The summed E-state index contributed by atoms with van der Waals surface area (Å²) in [5.74, 6) is 0. The zero-order valence-electron chi connectivity index (χ0n) is 9.86. The van der Waals surface area contributed by atoms with E-state index in [9.17, 15) is 0 Å². The first kappa shape index (κ1) is 11.6. The molecule has 3 N–H and O–H groups in total. The molecule has 1 aromatic rings. The van der Waals surface area contributed by atoms with Gasteiger partial charge in [0.05, 0.1) is 11.4 Å². The van der Waals surface area contributed by atoms with Crippen LogP contribution in [0.25, 0.3) is 0 Å². The number of anilines is 2. The number of nitrogens with zero attached hydrogens (tertiary/aromatic N) is 1. The maximum atomic E-state index is 6.11. The fourth-order valence-corrected chi connectivity index (χ4v) is 2.82. The third-order valence-electron chi connectivity index (χ3n) is 3.08. The Balaban J connectivity index is 2.21. The summed E-state index contributed by atoms with van der Waals surface area (Å²) in [6, 6.07) is 6.92. The van der Waals surface area contributed by atoms with Gasteiger partial charge < -0.3 is 10.6 Å². The highest BCUT2D eigenvalue weighted by molar-refractivity contribution is 7.97. The molecule has 1 unspecified atom stereocenters. The molecule has 1 saturated heterocycles. The molecule has 1 aliphatic heterocycles. The summed E-state index contributed by atoms with van der Waals surface area (Å²) in [6.07, 6.45) is 2.54. The van der Waals surface area contributed by atoms with Crippen LogP contribution >= 0.6 is 11.9 Å². The van der Waals surface area contributed by atoms with Crippen LogP contribution in [0.4, 0.5) is 11.4 Å². The van der Waals surface area contributed by atoms with Crippen molar-refractivity contribution in [2.75, 3.05) is 24.2 Å². The zero-order chi connectivity index (χ0) is 11.5. The highest BCUT2D eigenvalue weighted by atomic mass is 32.2. The molecule has 0 spiro atoms. The van der Waals surface area contributed by atoms with Crippen LogP contribution in [0.5, 0.6) is 0 Å². The van der Waals surface area contributed by atoms with Crippen molar-refractivity contribution in [3.05, 3.63) is 18.2 Å². The Bertz CT molecular complexity index is 367. The molecule has 1 fully saturated rings. The molecular weight excluding hydrogens is 218 g/mol. The number of nitrogens with two attached hydrogens (primary N) is 1. The van der Waals surface area contributed by atoms with E-state index in [1.54, 1.807) is 11.9 Å². The summed E-state index contributed by atoms with van der Waals surface area (Å²) in [4.78, 5) is 3.57. The first-order valence-corrected chi connectivity index (χ1v) is 6.54. The van der Waals surface area contributed by atoms with E-state index in [1.165, 1.54) is 18.5 Å². The van der Waals surface area contributed by atoms with E-state index >= 15 is 0 Å². The fourth-order valence-electron chi connectivity index (χ4n) is 2.27. The highest BCUT2D eigenvalue weighted by Gasteiger charge is 2.21. The number of benzene rings is 1. The molecule has 1 aromatic carbocycles. The van der Waals surface area contributed by atoms with Gasteiger partial charge in [0.1, 0.15) is 0 Å². The molecule has 3 nitrogen and oxygen atoms in total. The Morgan fingerprint density at radius 3 is 2.88 bits per heavy atom. The molecule has 0 bridgehead atoms. The lowest BCUT2D eigenvalue weighted by molar-refractivity contribution is 0.735. The van der Waals surface area contributed by atoms with Crippen LogP contribution in [-0.4, -0.2) is 19.6 Å². The number of nitrogen functional groups attached to an aromatic ring is 1. The Labute approximate surface area is 102 Å². The molecule has 0 aliphatic carbocycles. The second kappa shape index (κ2) is 4.97. The summed E-state index contributed by atoms with van der Waals surface area (Å²) < 4.78 is 3.06. The minimum absolute atomic E-state index is 0.616. The standard InChI is InChI=1S/C12H19N3S/c1-9-4-3-7-15(9)12-6-5-10(16-14-2)8-11(12)13/h5-6,8-9,14H,3-4,7,13H2,1-2H3. The van der Waals surface area contributed by atoms with Crippen LogP contribution in [0.2, 0.25) is 0 Å². The largest absolute Gasteiger partial charge is 0.397 e. The first-order valence-electron chi connectivity index (χ1n) is 5.72. The van der Waals surface area contributed by atoms with Gasteiger partial charge in [0, 0.05) is 17.5 Å². The molecule has 1 heterocycles. The van der Waals surface area contributed by atoms with Gasteiger partial charge in [-0.05, 0) is 57.0 Å². The van der Waals surface area contributed by atoms with E-state index in [1.807, 2.05) is 13.1 Å². The third kappa shape index (κ3) is 2.28. The van der Waals surface area contributed by atoms with Crippen molar-refractivity contribution in [2.45, 2.75) is 30.7 Å². The van der Waals surface area contributed by atoms with Crippen molar-refractivity contribution >= 4 is 23.3 Å². The second-order valence-corrected chi connectivity index (χ2v) is 5.30. The van der Waals surface area contributed by atoms with Gasteiger partial charge in [-0.15, -0.1) is 0 Å².